The van der Waals surface area contributed by atoms with Crippen LogP contribution in [-0.4, -0.2) is 4.98 Å². The van der Waals surface area contributed by atoms with Gasteiger partial charge in [0, 0.05) is 10.4 Å². The Morgan fingerprint density at radius 2 is 1.78 bits per heavy atom. The number of aryl methyl sites for hydroxylation is 1. The monoisotopic (exact) mass is 268 g/mol. The van der Waals surface area contributed by atoms with Gasteiger partial charge in [0.1, 0.15) is 16.6 Å². The maximum Gasteiger partial charge on any atom is 0.136 e. The molecule has 0 amide bonds. The summed E-state index contributed by atoms with van der Waals surface area (Å²) < 4.78 is 27.3. The Morgan fingerprint density at radius 1 is 1.22 bits per heavy atom. The lowest BCUT2D eigenvalue weighted by Gasteiger charge is -2.16. The van der Waals surface area contributed by atoms with Crippen molar-refractivity contribution in [3.63, 3.8) is 0 Å². The molecule has 0 fully saturated rings. The molecule has 18 heavy (non-hydrogen) atoms. The Balaban J connectivity index is 2.60. The van der Waals surface area contributed by atoms with E-state index in [-0.39, 0.29) is 5.56 Å². The van der Waals surface area contributed by atoms with Crippen molar-refractivity contribution in [1.82, 2.24) is 4.98 Å². The summed E-state index contributed by atoms with van der Waals surface area (Å²) in [7, 11) is 0. The van der Waals surface area contributed by atoms with Gasteiger partial charge in [0.15, 0.2) is 0 Å². The summed E-state index contributed by atoms with van der Waals surface area (Å²) in [5, 5.41) is 0.330. The van der Waals surface area contributed by atoms with Gasteiger partial charge in [-0.1, -0.05) is 6.07 Å². The first-order valence-electron chi connectivity index (χ1n) is 5.52. The molecule has 0 saturated heterocycles. The average molecular weight is 268 g/mol. The van der Waals surface area contributed by atoms with E-state index < -0.39 is 17.2 Å². The van der Waals surface area contributed by atoms with Gasteiger partial charge in [0.25, 0.3) is 0 Å². The Labute approximate surface area is 108 Å². The lowest BCUT2D eigenvalue weighted by Crippen LogP contribution is -2.28. The third kappa shape index (κ3) is 2.28. The van der Waals surface area contributed by atoms with E-state index in [1.165, 1.54) is 29.5 Å². The van der Waals surface area contributed by atoms with Crippen LogP contribution in [0.1, 0.15) is 24.4 Å². The number of hydrogen-bond acceptors (Lipinski definition) is 3. The van der Waals surface area contributed by atoms with Crippen LogP contribution in [0.15, 0.2) is 18.2 Å². The first kappa shape index (κ1) is 13.1. The molecule has 2 aromatic rings. The van der Waals surface area contributed by atoms with Crippen molar-refractivity contribution in [3.8, 4) is 10.6 Å². The molecule has 1 heterocycles. The maximum atomic E-state index is 13.7. The summed E-state index contributed by atoms with van der Waals surface area (Å²) >= 11 is 1.23. The Bertz CT molecular complexity index is 565. The summed E-state index contributed by atoms with van der Waals surface area (Å²) in [5.41, 5.74) is 6.07. The molecule has 1 aromatic heterocycles. The topological polar surface area (TPSA) is 38.9 Å². The minimum atomic E-state index is -0.606. The van der Waals surface area contributed by atoms with Crippen LogP contribution in [0.3, 0.4) is 0 Å². The second-order valence-electron chi connectivity index (χ2n) is 4.75. The van der Waals surface area contributed by atoms with Crippen molar-refractivity contribution < 1.29 is 8.78 Å². The number of thiazole rings is 1. The number of benzene rings is 1. The highest BCUT2D eigenvalue weighted by molar-refractivity contribution is 7.15. The number of aromatic nitrogens is 1. The maximum absolute atomic E-state index is 13.7. The molecule has 0 aliphatic carbocycles. The summed E-state index contributed by atoms with van der Waals surface area (Å²) in [6, 6.07) is 3.78. The molecule has 0 aliphatic heterocycles. The van der Waals surface area contributed by atoms with E-state index in [9.17, 15) is 8.78 Å². The zero-order valence-electron chi connectivity index (χ0n) is 10.4. The molecule has 0 spiro atoms. The van der Waals surface area contributed by atoms with Crippen molar-refractivity contribution in [3.05, 3.63) is 40.4 Å². The molecule has 2 rings (SSSR count). The molecule has 0 bridgehead atoms. The summed E-state index contributed by atoms with van der Waals surface area (Å²) in [6.07, 6.45) is 0. The standard InChI is InChI=1S/C13H14F2N2S/c1-7-11(13(2,3)16)18-12(17-7)10-8(14)5-4-6-9(10)15/h4-6H,16H2,1-3H3. The van der Waals surface area contributed by atoms with Crippen molar-refractivity contribution in [2.45, 2.75) is 26.3 Å². The van der Waals surface area contributed by atoms with E-state index in [4.69, 9.17) is 5.73 Å². The van der Waals surface area contributed by atoms with Gasteiger partial charge in [-0.15, -0.1) is 11.3 Å². The fourth-order valence-corrected chi connectivity index (χ4v) is 2.93. The van der Waals surface area contributed by atoms with Crippen molar-refractivity contribution in [1.29, 1.82) is 0 Å². The van der Waals surface area contributed by atoms with Gasteiger partial charge >= 0.3 is 0 Å². The second kappa shape index (κ2) is 4.40. The van der Waals surface area contributed by atoms with Gasteiger partial charge in [-0.2, -0.15) is 0 Å². The molecule has 2 nitrogen and oxygen atoms in total. The molecular weight excluding hydrogens is 254 g/mol. The van der Waals surface area contributed by atoms with Crippen LogP contribution in [0.25, 0.3) is 10.6 Å². The lowest BCUT2D eigenvalue weighted by molar-refractivity contribution is 0.562. The number of halogens is 2. The van der Waals surface area contributed by atoms with Crippen LogP contribution in [0.4, 0.5) is 8.78 Å². The lowest BCUT2D eigenvalue weighted by atomic mass is 10.0. The van der Waals surface area contributed by atoms with Gasteiger partial charge in [-0.25, -0.2) is 13.8 Å². The van der Waals surface area contributed by atoms with Gasteiger partial charge < -0.3 is 5.73 Å². The first-order chi connectivity index (χ1) is 8.30. The molecule has 0 radical (unpaired) electrons. The normalized spacial score (nSPS) is 11.9. The molecule has 96 valence electrons. The number of nitrogens with two attached hydrogens (primary N) is 1. The van der Waals surface area contributed by atoms with Crippen molar-refractivity contribution in [2.24, 2.45) is 5.73 Å². The molecule has 0 saturated carbocycles. The van der Waals surface area contributed by atoms with E-state index in [1.807, 2.05) is 13.8 Å². The molecule has 5 heteroatoms. The third-order valence-electron chi connectivity index (χ3n) is 2.56. The van der Waals surface area contributed by atoms with Gasteiger partial charge in [0.2, 0.25) is 0 Å². The zero-order chi connectivity index (χ0) is 13.5. The molecule has 2 N–H and O–H groups in total. The van der Waals surface area contributed by atoms with Crippen LogP contribution in [0, 0.1) is 18.6 Å². The average Bonchev–Trinajstić information content (AvgIpc) is 2.59. The Kier molecular flexibility index (Phi) is 3.21. The smallest absolute Gasteiger partial charge is 0.136 e. The van der Waals surface area contributed by atoms with Crippen LogP contribution >= 0.6 is 11.3 Å². The summed E-state index contributed by atoms with van der Waals surface area (Å²) in [6.45, 7) is 5.48. The molecule has 0 aliphatic rings. The van der Waals surface area contributed by atoms with Crippen LogP contribution in [0.2, 0.25) is 0 Å². The minimum absolute atomic E-state index is 0.0823. The van der Waals surface area contributed by atoms with E-state index in [0.717, 1.165) is 4.88 Å². The molecule has 0 unspecified atom stereocenters. The second-order valence-corrected chi connectivity index (χ2v) is 5.75. The quantitative estimate of drug-likeness (QED) is 0.904. The zero-order valence-corrected chi connectivity index (χ0v) is 11.2. The van der Waals surface area contributed by atoms with Gasteiger partial charge in [-0.05, 0) is 32.9 Å². The number of nitrogens with zero attached hydrogens (tertiary/aromatic N) is 1. The van der Waals surface area contributed by atoms with Crippen LogP contribution in [0.5, 0.6) is 0 Å². The molecule has 1 aromatic carbocycles. The highest BCUT2D eigenvalue weighted by Crippen LogP contribution is 2.35. The highest BCUT2D eigenvalue weighted by atomic mass is 32.1. The van der Waals surface area contributed by atoms with E-state index in [1.54, 1.807) is 6.92 Å². The van der Waals surface area contributed by atoms with E-state index in [0.29, 0.717) is 10.7 Å². The van der Waals surface area contributed by atoms with E-state index >= 15 is 0 Å². The fraction of sp³-hybridized carbons (Fsp3) is 0.308. The van der Waals surface area contributed by atoms with Crippen molar-refractivity contribution >= 4 is 11.3 Å². The van der Waals surface area contributed by atoms with Crippen LogP contribution in [-0.2, 0) is 5.54 Å². The SMILES string of the molecule is Cc1nc(-c2c(F)cccc2F)sc1C(C)(C)N. The predicted molar refractivity (Wildman–Crippen MR) is 69.4 cm³/mol. The third-order valence-corrected chi connectivity index (χ3v) is 4.07. The largest absolute Gasteiger partial charge is 0.321 e. The minimum Gasteiger partial charge on any atom is -0.321 e. The summed E-state index contributed by atoms with van der Waals surface area (Å²) in [5.74, 6) is -1.21. The number of rotatable bonds is 2. The first-order valence-corrected chi connectivity index (χ1v) is 6.33. The molecular formula is C13H14F2N2S. The van der Waals surface area contributed by atoms with E-state index in [2.05, 4.69) is 4.98 Å². The predicted octanol–water partition coefficient (Wildman–Crippen LogP) is 3.59. The van der Waals surface area contributed by atoms with Gasteiger partial charge in [-0.3, -0.25) is 0 Å². The number of hydrogen-bond donors (Lipinski definition) is 1. The Morgan fingerprint density at radius 3 is 2.22 bits per heavy atom. The highest BCUT2D eigenvalue weighted by Gasteiger charge is 2.24. The fourth-order valence-electron chi connectivity index (χ4n) is 1.80. The summed E-state index contributed by atoms with van der Waals surface area (Å²) in [4.78, 5) is 5.06. The molecule has 0 atom stereocenters. The van der Waals surface area contributed by atoms with Gasteiger partial charge in [0.05, 0.1) is 11.3 Å². The Hall–Kier alpha value is -1.33. The van der Waals surface area contributed by atoms with Crippen LogP contribution < -0.4 is 5.73 Å². The van der Waals surface area contributed by atoms with Crippen molar-refractivity contribution in [2.75, 3.05) is 0 Å².